The maximum atomic E-state index is 12.6. The molecule has 1 aromatic rings. The van der Waals surface area contributed by atoms with Gasteiger partial charge in [-0.2, -0.15) is 0 Å². The average molecular weight is 198 g/mol. The van der Waals surface area contributed by atoms with Crippen molar-refractivity contribution in [1.82, 2.24) is 0 Å². The Morgan fingerprint density at radius 1 is 1.33 bits per heavy atom. The molecule has 0 spiro atoms. The summed E-state index contributed by atoms with van der Waals surface area (Å²) < 4.78 is 13.5. The number of hydrogen-bond acceptors (Lipinski definition) is 0. The van der Waals surface area contributed by atoms with Crippen LogP contribution in [0.25, 0.3) is 0 Å². The summed E-state index contributed by atoms with van der Waals surface area (Å²) in [5.74, 6) is -0.0625. The normalized spacial score (nSPS) is 9.67. The molecular weight excluding hydrogens is 194 g/mol. The molecule has 0 aliphatic rings. The summed E-state index contributed by atoms with van der Waals surface area (Å²) in [6.45, 7) is 0. The fourth-order valence-corrected chi connectivity index (χ4v) is 2.58. The predicted molar refractivity (Wildman–Crippen MR) is 37.5 cm³/mol. The Morgan fingerprint density at radius 2 is 2.00 bits per heavy atom. The van der Waals surface area contributed by atoms with E-state index >= 15 is 0 Å². The van der Waals surface area contributed by atoms with Crippen LogP contribution in [0.1, 0.15) is 0 Å². The molecule has 0 aromatic heterocycles. The van der Waals surface area contributed by atoms with Gasteiger partial charge in [-0.3, -0.25) is 0 Å². The standard InChI is InChI=1S/C6H5FSe.Mg/c7-5-3-1-2-4-6(5)8;/h1-4,8H;/q;+2/p-1. The number of halogens is 1. The Morgan fingerprint density at radius 3 is 2.44 bits per heavy atom. The first kappa shape index (κ1) is 7.54. The Kier molecular flexibility index (Phi) is 2.99. The van der Waals surface area contributed by atoms with E-state index in [1.54, 1.807) is 6.07 Å². The fraction of sp³-hybridized carbons (Fsp3) is 0. The zero-order chi connectivity index (χ0) is 6.69. The molecule has 0 fully saturated rings. The molecule has 1 aromatic carbocycles. The van der Waals surface area contributed by atoms with Crippen LogP contribution in [0.3, 0.4) is 0 Å². The maximum absolute atomic E-state index is 12.6. The molecule has 0 unspecified atom stereocenters. The van der Waals surface area contributed by atoms with Crippen LogP contribution in [0.4, 0.5) is 4.39 Å². The summed E-state index contributed by atoms with van der Waals surface area (Å²) in [7, 11) is 0. The second-order valence-corrected chi connectivity index (χ2v) is 4.60. The van der Waals surface area contributed by atoms with Crippen molar-refractivity contribution in [3.8, 4) is 0 Å². The van der Waals surface area contributed by atoms with E-state index in [9.17, 15) is 4.39 Å². The number of rotatable bonds is 1. The fourth-order valence-electron chi connectivity index (χ4n) is 0.562. The van der Waals surface area contributed by atoms with Gasteiger partial charge in [-0.15, -0.1) is 0 Å². The van der Waals surface area contributed by atoms with E-state index in [2.05, 4.69) is 0 Å². The van der Waals surface area contributed by atoms with Crippen molar-refractivity contribution in [2.75, 3.05) is 0 Å². The van der Waals surface area contributed by atoms with E-state index in [0.717, 1.165) is 4.46 Å². The van der Waals surface area contributed by atoms with Crippen molar-refractivity contribution in [2.45, 2.75) is 0 Å². The van der Waals surface area contributed by atoms with Crippen molar-refractivity contribution >= 4 is 35.9 Å². The molecule has 9 heavy (non-hydrogen) atoms. The molecule has 0 atom stereocenters. The van der Waals surface area contributed by atoms with Gasteiger partial charge in [0.2, 0.25) is 0 Å². The van der Waals surface area contributed by atoms with Crippen LogP contribution in [0.5, 0.6) is 0 Å². The first-order valence-electron chi connectivity index (χ1n) is 2.51. The first-order valence-corrected chi connectivity index (χ1v) is 7.58. The molecule has 42 valence electrons. The summed E-state index contributed by atoms with van der Waals surface area (Å²) in [4.78, 5) is 0. The minimum absolute atomic E-state index is 0.0625. The Bertz CT molecular complexity index is 202. The summed E-state index contributed by atoms with van der Waals surface area (Å²) in [5.41, 5.74) is 0. The van der Waals surface area contributed by atoms with Crippen molar-refractivity contribution in [2.24, 2.45) is 0 Å². The second-order valence-electron chi connectivity index (χ2n) is 1.57. The molecule has 0 radical (unpaired) electrons. The molecule has 0 amide bonds. The topological polar surface area (TPSA) is 0 Å². The van der Waals surface area contributed by atoms with Crippen molar-refractivity contribution in [3.63, 3.8) is 0 Å². The molecule has 0 N–H and O–H groups in total. The molecule has 0 heterocycles. The molecular formula is C6H4FMgSe+. The Balaban J connectivity index is 3.01. The van der Waals surface area contributed by atoms with Gasteiger partial charge in [-0.1, -0.05) is 0 Å². The number of hydrogen-bond donors (Lipinski definition) is 0. The zero-order valence-corrected chi connectivity index (χ0v) is 7.93. The minimum atomic E-state index is -0.0625. The monoisotopic (exact) mass is 199 g/mol. The van der Waals surface area contributed by atoms with Crippen molar-refractivity contribution in [1.29, 1.82) is 0 Å². The third kappa shape index (κ3) is 1.94. The van der Waals surface area contributed by atoms with Gasteiger partial charge in [0.15, 0.2) is 0 Å². The summed E-state index contributed by atoms with van der Waals surface area (Å²) in [6.07, 6.45) is 0. The third-order valence-corrected chi connectivity index (χ3v) is 3.96. The van der Waals surface area contributed by atoms with Crippen molar-refractivity contribution in [3.05, 3.63) is 30.1 Å². The van der Waals surface area contributed by atoms with Crippen molar-refractivity contribution < 1.29 is 4.39 Å². The van der Waals surface area contributed by atoms with Gasteiger partial charge in [0.05, 0.1) is 0 Å². The van der Waals surface area contributed by atoms with Gasteiger partial charge in [0.1, 0.15) is 0 Å². The van der Waals surface area contributed by atoms with E-state index < -0.39 is 0 Å². The summed E-state index contributed by atoms with van der Waals surface area (Å²) in [5, 5.41) is 0. The van der Waals surface area contributed by atoms with Gasteiger partial charge >= 0.3 is 70.4 Å². The Hall–Kier alpha value is 0.436. The predicted octanol–water partition coefficient (Wildman–Crippen LogP) is 0.239. The van der Waals surface area contributed by atoms with Gasteiger partial charge in [-0.05, 0) is 0 Å². The Labute approximate surface area is 70.2 Å². The zero-order valence-electron chi connectivity index (χ0n) is 4.80. The second kappa shape index (κ2) is 3.57. The van der Waals surface area contributed by atoms with Crippen LogP contribution in [-0.2, 0) is 0 Å². The summed E-state index contributed by atoms with van der Waals surface area (Å²) >= 11 is 2.13. The number of benzene rings is 1. The molecule has 1 rings (SSSR count). The van der Waals surface area contributed by atoms with Crippen LogP contribution in [0, 0.1) is 5.82 Å². The van der Waals surface area contributed by atoms with Crippen LogP contribution >= 0.6 is 0 Å². The summed E-state index contributed by atoms with van der Waals surface area (Å²) in [6, 6.07) is 6.93. The van der Waals surface area contributed by atoms with Gasteiger partial charge in [0.25, 0.3) is 0 Å². The van der Waals surface area contributed by atoms with E-state index in [4.69, 9.17) is 0 Å². The van der Waals surface area contributed by atoms with E-state index in [1.807, 2.05) is 31.6 Å². The van der Waals surface area contributed by atoms with E-state index in [1.165, 1.54) is 6.07 Å². The van der Waals surface area contributed by atoms with Crippen LogP contribution < -0.4 is 4.46 Å². The SMILES string of the molecule is Fc1ccccc1[Se][Mg+]. The van der Waals surface area contributed by atoms with E-state index in [-0.39, 0.29) is 5.82 Å². The third-order valence-electron chi connectivity index (χ3n) is 0.992. The van der Waals surface area contributed by atoms with Gasteiger partial charge < -0.3 is 0 Å². The molecule has 0 saturated heterocycles. The van der Waals surface area contributed by atoms with Crippen LogP contribution in [0.2, 0.25) is 0 Å². The molecule has 0 nitrogen and oxygen atoms in total. The molecule has 0 bridgehead atoms. The molecule has 0 aliphatic heterocycles. The van der Waals surface area contributed by atoms with Gasteiger partial charge in [-0.25, -0.2) is 0 Å². The quantitative estimate of drug-likeness (QED) is 0.567. The first-order chi connectivity index (χ1) is 4.34. The molecule has 0 saturated carbocycles. The van der Waals surface area contributed by atoms with Crippen LogP contribution in [0.15, 0.2) is 24.3 Å². The molecule has 0 aliphatic carbocycles. The van der Waals surface area contributed by atoms with Gasteiger partial charge in [0, 0.05) is 0 Å². The van der Waals surface area contributed by atoms with E-state index in [0.29, 0.717) is 11.9 Å². The average Bonchev–Trinajstić information content (AvgIpc) is 1.89. The van der Waals surface area contributed by atoms with Crippen LogP contribution in [-0.4, -0.2) is 31.4 Å². The molecule has 3 heteroatoms.